The lowest BCUT2D eigenvalue weighted by Crippen LogP contribution is -2.48. The number of pyridine rings is 1. The number of aromatic amines is 1. The molecule has 4 heterocycles. The molecule has 1 saturated heterocycles. The smallest absolute Gasteiger partial charge is 0.453 e. The van der Waals surface area contributed by atoms with Crippen LogP contribution in [0.5, 0.6) is 11.5 Å². The number of ether oxygens (including phenoxy) is 3. The van der Waals surface area contributed by atoms with E-state index in [4.69, 9.17) is 9.47 Å². The van der Waals surface area contributed by atoms with E-state index in [9.17, 15) is 25.2 Å². The Morgan fingerprint density at radius 1 is 1.07 bits per heavy atom. The molecule has 0 spiro atoms. The van der Waals surface area contributed by atoms with Crippen molar-refractivity contribution < 1.29 is 48.2 Å². The summed E-state index contributed by atoms with van der Waals surface area (Å²) in [6, 6.07) is 1.68. The Labute approximate surface area is 234 Å². The maximum atomic E-state index is 15.8. The van der Waals surface area contributed by atoms with Crippen LogP contribution in [-0.2, 0) is 17.8 Å². The number of aliphatic hydroxyl groups is 4. The lowest BCUT2D eigenvalue weighted by Gasteiger charge is -2.37. The van der Waals surface area contributed by atoms with Gasteiger partial charge in [-0.25, -0.2) is 18.6 Å². The Hall–Kier alpha value is -3.47. The summed E-state index contributed by atoms with van der Waals surface area (Å²) in [5.41, 5.74) is -0.479. The van der Waals surface area contributed by atoms with Gasteiger partial charge in [-0.15, -0.1) is 0 Å². The van der Waals surface area contributed by atoms with Crippen molar-refractivity contribution in [1.29, 1.82) is 0 Å². The summed E-state index contributed by atoms with van der Waals surface area (Å²) >= 11 is 0. The first-order valence-corrected chi connectivity index (χ1v) is 12.9. The molecule has 17 heteroatoms. The number of fused-ring (bicyclic) bond motifs is 3. The third-order valence-electron chi connectivity index (χ3n) is 6.62. The number of urea groups is 1. The van der Waals surface area contributed by atoms with Crippen molar-refractivity contribution in [3.05, 3.63) is 41.2 Å². The minimum absolute atomic E-state index is 0.130. The van der Waals surface area contributed by atoms with E-state index in [0.29, 0.717) is 48.1 Å². The van der Waals surface area contributed by atoms with E-state index in [1.54, 1.807) is 6.92 Å². The highest BCUT2D eigenvalue weighted by Crippen LogP contribution is 2.43. The van der Waals surface area contributed by atoms with Gasteiger partial charge in [0.15, 0.2) is 38.8 Å². The summed E-state index contributed by atoms with van der Waals surface area (Å²) < 4.78 is 46.4. The minimum atomic E-state index is -3.83. The van der Waals surface area contributed by atoms with Crippen LogP contribution >= 0.6 is 0 Å². The number of amides is 2. The topological polar surface area (TPSA) is 164 Å². The van der Waals surface area contributed by atoms with Gasteiger partial charge in [0, 0.05) is 55.1 Å². The van der Waals surface area contributed by atoms with Crippen LogP contribution < -0.4 is 19.3 Å². The minimum Gasteiger partial charge on any atom is -0.477 e. The number of halogens is 2. The number of anilines is 2. The molecule has 0 aliphatic carbocycles. The van der Waals surface area contributed by atoms with Crippen LogP contribution in [-0.4, -0.2) is 102 Å². The van der Waals surface area contributed by atoms with Crippen molar-refractivity contribution in [3.63, 3.8) is 0 Å². The molecule has 0 radical (unpaired) electrons. The molecular formula is C24H29B2F2N5O8. The summed E-state index contributed by atoms with van der Waals surface area (Å²) in [6.45, 7) is 4.96. The fourth-order valence-corrected chi connectivity index (χ4v) is 5.00. The predicted octanol–water partition coefficient (Wildman–Crippen LogP) is -1.14. The normalized spacial score (nSPS) is 16.8. The SMILES string of the molecule is BC(B)(O)Oc1cc(OC(O)(O)O)c(F)c(N2Cc3cnc4[nH]c(CN5CCOCC5)cc4c3N(CC)C2=O)c1F. The van der Waals surface area contributed by atoms with Gasteiger partial charge in [-0.3, -0.25) is 14.7 Å². The van der Waals surface area contributed by atoms with Gasteiger partial charge < -0.3 is 39.6 Å². The molecular weight excluding hydrogens is 546 g/mol. The molecule has 5 N–H and O–H groups in total. The van der Waals surface area contributed by atoms with Gasteiger partial charge in [-0.1, -0.05) is 0 Å². The maximum Gasteiger partial charge on any atom is 0.453 e. The van der Waals surface area contributed by atoms with E-state index in [2.05, 4.69) is 19.6 Å². The summed E-state index contributed by atoms with van der Waals surface area (Å²) in [6.07, 6.45) is -2.34. The van der Waals surface area contributed by atoms with Crippen LogP contribution in [0.1, 0.15) is 18.2 Å². The van der Waals surface area contributed by atoms with E-state index in [1.165, 1.54) is 26.8 Å². The first kappa shape index (κ1) is 29.0. The molecule has 1 aromatic carbocycles. The molecule has 2 aliphatic heterocycles. The van der Waals surface area contributed by atoms with Gasteiger partial charge in [0.05, 0.1) is 25.4 Å². The van der Waals surface area contributed by atoms with Crippen molar-refractivity contribution in [2.24, 2.45) is 0 Å². The van der Waals surface area contributed by atoms with Gasteiger partial charge in [0.2, 0.25) is 0 Å². The molecule has 0 unspecified atom stereocenters. The largest absolute Gasteiger partial charge is 0.477 e. The van der Waals surface area contributed by atoms with E-state index in [1.807, 2.05) is 6.07 Å². The summed E-state index contributed by atoms with van der Waals surface area (Å²) in [7, 11) is 2.35. The number of hydrogen-bond acceptors (Lipinski definition) is 10. The number of nitrogens with zero attached hydrogens (tertiary/aromatic N) is 4. The molecule has 41 heavy (non-hydrogen) atoms. The van der Waals surface area contributed by atoms with Crippen LogP contribution in [0.4, 0.5) is 25.0 Å². The van der Waals surface area contributed by atoms with E-state index >= 15 is 8.78 Å². The number of nitrogens with one attached hydrogen (secondary N) is 1. The second-order valence-corrected chi connectivity index (χ2v) is 10.3. The van der Waals surface area contributed by atoms with E-state index < -0.39 is 46.6 Å². The monoisotopic (exact) mass is 575 g/mol. The Morgan fingerprint density at radius 3 is 2.34 bits per heavy atom. The van der Waals surface area contributed by atoms with Crippen molar-refractivity contribution in [2.45, 2.75) is 31.8 Å². The van der Waals surface area contributed by atoms with Gasteiger partial charge in [-0.2, -0.15) is 0 Å². The molecule has 218 valence electrons. The van der Waals surface area contributed by atoms with Crippen LogP contribution in [0.15, 0.2) is 18.3 Å². The van der Waals surface area contributed by atoms with Gasteiger partial charge in [0.25, 0.3) is 0 Å². The van der Waals surface area contributed by atoms with Crippen LogP contribution in [0.3, 0.4) is 0 Å². The summed E-state index contributed by atoms with van der Waals surface area (Å²) in [5, 5.41) is 38.6. The highest BCUT2D eigenvalue weighted by atomic mass is 19.1. The highest BCUT2D eigenvalue weighted by Gasteiger charge is 2.39. The summed E-state index contributed by atoms with van der Waals surface area (Å²) in [5.74, 6) is -4.72. The molecule has 3 aromatic rings. The fraction of sp³-hybridized carbons (Fsp3) is 0.417. The Morgan fingerprint density at radius 2 is 1.73 bits per heavy atom. The Kier molecular flexibility index (Phi) is 7.61. The molecule has 0 saturated carbocycles. The van der Waals surface area contributed by atoms with Crippen molar-refractivity contribution >= 4 is 44.1 Å². The molecule has 5 rings (SSSR count). The number of carbonyl (C=O) groups excluding carboxylic acids is 1. The molecule has 2 aliphatic rings. The van der Waals surface area contributed by atoms with Gasteiger partial charge in [0.1, 0.15) is 16.9 Å². The number of carbonyl (C=O) groups is 1. The zero-order valence-electron chi connectivity index (χ0n) is 22.6. The summed E-state index contributed by atoms with van der Waals surface area (Å²) in [4.78, 5) is 25.9. The average Bonchev–Trinajstić information content (AvgIpc) is 3.29. The molecule has 1 fully saturated rings. The van der Waals surface area contributed by atoms with Gasteiger partial charge >= 0.3 is 12.2 Å². The number of rotatable bonds is 8. The van der Waals surface area contributed by atoms with Crippen molar-refractivity contribution in [1.82, 2.24) is 14.9 Å². The molecule has 0 atom stereocenters. The van der Waals surface area contributed by atoms with Crippen LogP contribution in [0.2, 0.25) is 0 Å². The first-order valence-electron chi connectivity index (χ1n) is 12.9. The first-order chi connectivity index (χ1) is 19.3. The third kappa shape index (κ3) is 5.95. The predicted molar refractivity (Wildman–Crippen MR) is 146 cm³/mol. The number of hydrogen-bond donors (Lipinski definition) is 5. The number of benzene rings is 1. The maximum absolute atomic E-state index is 15.8. The standard InChI is InChI=1S/C24H29B2F2N5O8/c1-2-32-19-12(9-29-21-14(19)7-13(30-21)11-31-3-5-39-6-4-31)10-33(22(32)34)20-17(27)15(40-23(25,26)35)8-16(18(20)28)41-24(36,37)38/h7-9,35-38H,2-6,10-11,25-26H2,1H3,(H,29,30). The van der Waals surface area contributed by atoms with E-state index in [0.717, 1.165) is 23.7 Å². The Bertz CT molecular complexity index is 1430. The number of aromatic nitrogens is 2. The van der Waals surface area contributed by atoms with E-state index in [-0.39, 0.29) is 13.1 Å². The van der Waals surface area contributed by atoms with Crippen molar-refractivity contribution in [3.8, 4) is 11.5 Å². The van der Waals surface area contributed by atoms with Crippen molar-refractivity contribution in [2.75, 3.05) is 42.6 Å². The van der Waals surface area contributed by atoms with Crippen LogP contribution in [0, 0.1) is 11.6 Å². The lowest BCUT2D eigenvalue weighted by molar-refractivity contribution is -0.420. The highest BCUT2D eigenvalue weighted by molar-refractivity contribution is 6.37. The second kappa shape index (κ2) is 10.7. The quantitative estimate of drug-likeness (QED) is 0.164. The molecule has 2 aromatic heterocycles. The number of H-pyrrole nitrogens is 1. The zero-order valence-corrected chi connectivity index (χ0v) is 22.6. The fourth-order valence-electron chi connectivity index (χ4n) is 5.00. The molecule has 0 bridgehead atoms. The number of morpholine rings is 1. The lowest BCUT2D eigenvalue weighted by atomic mass is 9.76. The second-order valence-electron chi connectivity index (χ2n) is 10.3. The Balaban J connectivity index is 1.58. The zero-order chi connectivity index (χ0) is 29.7. The van der Waals surface area contributed by atoms with Crippen LogP contribution in [0.25, 0.3) is 11.0 Å². The molecule has 13 nitrogen and oxygen atoms in total. The molecule has 2 amide bonds. The average molecular weight is 575 g/mol. The van der Waals surface area contributed by atoms with Gasteiger partial charge in [-0.05, 0) is 13.0 Å². The third-order valence-corrected chi connectivity index (χ3v) is 6.62.